The van der Waals surface area contributed by atoms with E-state index < -0.39 is 23.0 Å². The molecule has 1 saturated carbocycles. The number of amides is 2. The second-order valence-electron chi connectivity index (χ2n) is 8.30. The molecule has 1 fully saturated rings. The van der Waals surface area contributed by atoms with E-state index in [1.165, 1.54) is 30.5 Å². The number of hydrogen-bond acceptors (Lipinski definition) is 6. The lowest BCUT2D eigenvalue weighted by atomic mass is 10.0. The lowest BCUT2D eigenvalue weighted by Crippen LogP contribution is -2.35. The molecule has 8 nitrogen and oxygen atoms in total. The van der Waals surface area contributed by atoms with Crippen LogP contribution in [0.5, 0.6) is 17.4 Å². The van der Waals surface area contributed by atoms with Gasteiger partial charge in [0.1, 0.15) is 22.7 Å². The minimum Gasteiger partial charge on any atom is -0.495 e. The molecule has 0 unspecified atom stereocenters. The fourth-order valence-electron chi connectivity index (χ4n) is 3.71. The normalized spacial score (nSPS) is 13.6. The molecule has 2 aromatic heterocycles. The third kappa shape index (κ3) is 4.72. The Labute approximate surface area is 214 Å². The van der Waals surface area contributed by atoms with Gasteiger partial charge in [-0.3, -0.25) is 14.6 Å². The number of methoxy groups -OCH3 is 1. The van der Waals surface area contributed by atoms with Crippen LogP contribution in [0.4, 0.5) is 15.8 Å². The van der Waals surface area contributed by atoms with Crippen molar-refractivity contribution in [3.05, 3.63) is 77.3 Å². The van der Waals surface area contributed by atoms with Crippen LogP contribution in [0.3, 0.4) is 0 Å². The predicted molar refractivity (Wildman–Crippen MR) is 136 cm³/mol. The zero-order chi connectivity index (χ0) is 25.3. The first-order valence-corrected chi connectivity index (χ1v) is 11.8. The molecule has 2 aromatic carbocycles. The van der Waals surface area contributed by atoms with Crippen molar-refractivity contribution in [2.75, 3.05) is 17.7 Å². The molecule has 0 atom stereocenters. The van der Waals surface area contributed by atoms with Crippen LogP contribution in [0.2, 0.25) is 0 Å². The number of benzene rings is 2. The summed E-state index contributed by atoms with van der Waals surface area (Å²) in [6.07, 6.45) is 3.95. The van der Waals surface area contributed by atoms with Crippen molar-refractivity contribution in [1.82, 2.24) is 9.97 Å². The van der Waals surface area contributed by atoms with Gasteiger partial charge in [0.15, 0.2) is 0 Å². The first-order chi connectivity index (χ1) is 17.4. The fourth-order valence-corrected chi connectivity index (χ4v) is 4.22. The summed E-state index contributed by atoms with van der Waals surface area (Å²) in [5.41, 5.74) is 0.400. The molecule has 1 aliphatic carbocycles. The van der Waals surface area contributed by atoms with Crippen LogP contribution < -0.4 is 20.1 Å². The molecule has 4 aromatic rings. The summed E-state index contributed by atoms with van der Waals surface area (Å²) >= 11 is 3.47. The highest BCUT2D eigenvalue weighted by Crippen LogP contribution is 2.47. The fraction of sp³-hybridized carbons (Fsp3) is 0.154. The number of ether oxygens (including phenoxy) is 2. The number of carbonyl (C=O) groups excluding carboxylic acids is 2. The molecule has 0 aliphatic heterocycles. The topological polar surface area (TPSA) is 102 Å². The zero-order valence-corrected chi connectivity index (χ0v) is 20.6. The smallest absolute Gasteiger partial charge is 0.240 e. The standard InChI is InChI=1S/C26H20BrFN4O4/c1-35-22-13-20-18(12-19(22)27)21(8-11-29-20)36-23-7-6-17(14-30-23)32-25(34)26(9-10-26)24(33)31-16-4-2-15(28)3-5-16/h2-8,11-14H,9-10H2,1H3,(H,31,33)(H,32,34). The molecule has 2 N–H and O–H groups in total. The third-order valence-electron chi connectivity index (χ3n) is 5.91. The molecule has 0 spiro atoms. The van der Waals surface area contributed by atoms with E-state index in [9.17, 15) is 14.0 Å². The quantitative estimate of drug-likeness (QED) is 0.286. The number of pyridine rings is 2. The van der Waals surface area contributed by atoms with E-state index in [4.69, 9.17) is 9.47 Å². The van der Waals surface area contributed by atoms with E-state index in [0.717, 1.165) is 9.86 Å². The summed E-state index contributed by atoms with van der Waals surface area (Å²) in [6, 6.07) is 14.1. The maximum atomic E-state index is 13.1. The summed E-state index contributed by atoms with van der Waals surface area (Å²) in [5, 5.41) is 6.21. The van der Waals surface area contributed by atoms with E-state index in [-0.39, 0.29) is 0 Å². The molecule has 0 bridgehead atoms. The van der Waals surface area contributed by atoms with Gasteiger partial charge >= 0.3 is 0 Å². The minimum absolute atomic E-state index is 0.322. The maximum Gasteiger partial charge on any atom is 0.240 e. The molecule has 0 saturated heterocycles. The Kier molecular flexibility index (Phi) is 6.27. The Morgan fingerprint density at radius 2 is 1.64 bits per heavy atom. The summed E-state index contributed by atoms with van der Waals surface area (Å²) in [5.74, 6) is 0.287. The van der Waals surface area contributed by atoms with Gasteiger partial charge in [0.25, 0.3) is 0 Å². The van der Waals surface area contributed by atoms with Crippen LogP contribution in [0, 0.1) is 11.2 Å². The van der Waals surface area contributed by atoms with E-state index in [1.54, 1.807) is 37.6 Å². The number of halogens is 2. The Hall–Kier alpha value is -4.05. The molecule has 182 valence electrons. The SMILES string of the molecule is COc1cc2nccc(Oc3ccc(NC(=O)C4(C(=O)Nc5ccc(F)cc5)CC4)cn3)c2cc1Br. The molecule has 36 heavy (non-hydrogen) atoms. The maximum absolute atomic E-state index is 13.1. The average Bonchev–Trinajstić information content (AvgIpc) is 3.69. The van der Waals surface area contributed by atoms with Crippen molar-refractivity contribution in [3.63, 3.8) is 0 Å². The first kappa shape index (κ1) is 23.7. The van der Waals surface area contributed by atoms with E-state index >= 15 is 0 Å². The summed E-state index contributed by atoms with van der Waals surface area (Å²) in [6.45, 7) is 0. The highest BCUT2D eigenvalue weighted by Gasteiger charge is 2.56. The number of hydrogen-bond donors (Lipinski definition) is 2. The van der Waals surface area contributed by atoms with Crippen molar-refractivity contribution >= 4 is 50.0 Å². The van der Waals surface area contributed by atoms with Gasteiger partial charge in [-0.2, -0.15) is 0 Å². The molecule has 1 aliphatic rings. The molecule has 5 rings (SSSR count). The van der Waals surface area contributed by atoms with Crippen LogP contribution >= 0.6 is 15.9 Å². The van der Waals surface area contributed by atoms with E-state index in [2.05, 4.69) is 36.5 Å². The second-order valence-corrected chi connectivity index (χ2v) is 9.15. The Bertz CT molecular complexity index is 1460. The van der Waals surface area contributed by atoms with Gasteiger partial charge < -0.3 is 20.1 Å². The van der Waals surface area contributed by atoms with Crippen LogP contribution in [0.15, 0.2) is 71.5 Å². The average molecular weight is 551 g/mol. The summed E-state index contributed by atoms with van der Waals surface area (Å²) in [4.78, 5) is 34.2. The Balaban J connectivity index is 1.26. The third-order valence-corrected chi connectivity index (χ3v) is 6.52. The van der Waals surface area contributed by atoms with Crippen LogP contribution in [0.1, 0.15) is 12.8 Å². The number of carbonyl (C=O) groups is 2. The number of anilines is 2. The number of nitrogens with zero attached hydrogens (tertiary/aromatic N) is 2. The number of aromatic nitrogens is 2. The monoisotopic (exact) mass is 550 g/mol. The zero-order valence-electron chi connectivity index (χ0n) is 19.0. The van der Waals surface area contributed by atoms with Gasteiger partial charge in [0.2, 0.25) is 17.7 Å². The van der Waals surface area contributed by atoms with Crippen LogP contribution in [-0.2, 0) is 9.59 Å². The highest BCUT2D eigenvalue weighted by molar-refractivity contribution is 9.10. The molecular formula is C26H20BrFN4O4. The summed E-state index contributed by atoms with van der Waals surface area (Å²) < 4.78 is 25.1. The lowest BCUT2D eigenvalue weighted by molar-refractivity contribution is -0.131. The molecule has 0 radical (unpaired) electrons. The van der Waals surface area contributed by atoms with E-state index in [1.807, 2.05) is 6.07 Å². The van der Waals surface area contributed by atoms with Gasteiger partial charge in [0, 0.05) is 29.4 Å². The summed E-state index contributed by atoms with van der Waals surface area (Å²) in [7, 11) is 1.58. The first-order valence-electron chi connectivity index (χ1n) is 11.0. The number of fused-ring (bicyclic) bond motifs is 1. The van der Waals surface area contributed by atoms with Crippen molar-refractivity contribution in [2.45, 2.75) is 12.8 Å². The van der Waals surface area contributed by atoms with Gasteiger partial charge in [0.05, 0.1) is 29.0 Å². The molecule has 10 heteroatoms. The van der Waals surface area contributed by atoms with Crippen molar-refractivity contribution in [3.8, 4) is 17.4 Å². The van der Waals surface area contributed by atoms with Crippen molar-refractivity contribution in [2.24, 2.45) is 5.41 Å². The van der Waals surface area contributed by atoms with Crippen LogP contribution in [0.25, 0.3) is 10.9 Å². The van der Waals surface area contributed by atoms with Gasteiger partial charge in [-0.1, -0.05) is 0 Å². The number of nitrogens with one attached hydrogen (secondary N) is 2. The lowest BCUT2D eigenvalue weighted by Gasteiger charge is -2.15. The predicted octanol–water partition coefficient (Wildman–Crippen LogP) is 5.69. The minimum atomic E-state index is -1.16. The molecular weight excluding hydrogens is 531 g/mol. The van der Waals surface area contributed by atoms with Gasteiger partial charge in [-0.05, 0) is 71.2 Å². The van der Waals surface area contributed by atoms with Crippen molar-refractivity contribution in [1.29, 1.82) is 0 Å². The van der Waals surface area contributed by atoms with Crippen LogP contribution in [-0.4, -0.2) is 28.9 Å². The largest absolute Gasteiger partial charge is 0.495 e. The number of rotatable bonds is 7. The second kappa shape index (κ2) is 9.54. The van der Waals surface area contributed by atoms with Gasteiger partial charge in [-0.25, -0.2) is 9.37 Å². The molecule has 2 heterocycles. The van der Waals surface area contributed by atoms with Gasteiger partial charge in [-0.15, -0.1) is 0 Å². The Morgan fingerprint density at radius 1 is 0.944 bits per heavy atom. The highest BCUT2D eigenvalue weighted by atomic mass is 79.9. The Morgan fingerprint density at radius 3 is 2.28 bits per heavy atom. The van der Waals surface area contributed by atoms with Crippen molar-refractivity contribution < 1.29 is 23.5 Å². The molecule has 2 amide bonds. The van der Waals surface area contributed by atoms with E-state index in [0.29, 0.717) is 47.1 Å².